The van der Waals surface area contributed by atoms with Gasteiger partial charge in [0, 0.05) is 5.56 Å². The molecule has 2 aromatic carbocycles. The van der Waals surface area contributed by atoms with Gasteiger partial charge in [-0.2, -0.15) is 0 Å². The summed E-state index contributed by atoms with van der Waals surface area (Å²) in [6.07, 6.45) is -0.304. The second kappa shape index (κ2) is 8.06. The highest BCUT2D eigenvalue weighted by Crippen LogP contribution is 2.13. The number of carbonyl (C=O) groups is 3. The van der Waals surface area contributed by atoms with Crippen LogP contribution in [0, 0.1) is 0 Å². The minimum atomic E-state index is -0.740. The molecule has 0 aromatic heterocycles. The van der Waals surface area contributed by atoms with Crippen LogP contribution in [0.2, 0.25) is 0 Å². The topological polar surface area (TPSA) is 69.7 Å². The average molecular weight is 326 g/mol. The summed E-state index contributed by atoms with van der Waals surface area (Å²) >= 11 is 0. The number of rotatable bonds is 6. The van der Waals surface area contributed by atoms with Crippen LogP contribution in [0.25, 0.3) is 0 Å². The second-order valence-corrected chi connectivity index (χ2v) is 5.36. The molecule has 0 fully saturated rings. The number of ketones is 1. The van der Waals surface area contributed by atoms with Crippen LogP contribution in [0.3, 0.4) is 0 Å². The third kappa shape index (κ3) is 4.52. The molecule has 0 aliphatic rings. The van der Waals surface area contributed by atoms with E-state index >= 15 is 0 Å². The highest BCUT2D eigenvalue weighted by molar-refractivity contribution is 6.04. The zero-order chi connectivity index (χ0) is 17.5. The van der Waals surface area contributed by atoms with Gasteiger partial charge in [-0.25, -0.2) is 9.59 Å². The molecule has 0 saturated heterocycles. The van der Waals surface area contributed by atoms with Crippen molar-refractivity contribution in [3.8, 4) is 0 Å². The maximum absolute atomic E-state index is 12.2. The van der Waals surface area contributed by atoms with Crippen molar-refractivity contribution < 1.29 is 23.9 Å². The van der Waals surface area contributed by atoms with Crippen molar-refractivity contribution in [3.05, 3.63) is 71.3 Å². The molecule has 24 heavy (non-hydrogen) atoms. The molecule has 0 bridgehead atoms. The Balaban J connectivity index is 2.07. The van der Waals surface area contributed by atoms with Crippen LogP contribution in [0.15, 0.2) is 54.6 Å². The molecule has 2 aromatic rings. The van der Waals surface area contributed by atoms with Gasteiger partial charge in [-0.15, -0.1) is 0 Å². The fourth-order valence-electron chi connectivity index (χ4n) is 2.03. The lowest BCUT2D eigenvalue weighted by molar-refractivity contribution is 0.0362. The molecule has 0 unspecified atom stereocenters. The van der Waals surface area contributed by atoms with E-state index in [0.29, 0.717) is 5.56 Å². The summed E-state index contributed by atoms with van der Waals surface area (Å²) in [5.41, 5.74) is 0.644. The van der Waals surface area contributed by atoms with Gasteiger partial charge in [0.1, 0.15) is 0 Å². The van der Waals surface area contributed by atoms with E-state index in [1.165, 1.54) is 12.1 Å². The Labute approximate surface area is 140 Å². The van der Waals surface area contributed by atoms with Gasteiger partial charge in [0.2, 0.25) is 0 Å². The molecule has 5 nitrogen and oxygen atoms in total. The van der Waals surface area contributed by atoms with Crippen molar-refractivity contribution in [1.82, 2.24) is 0 Å². The van der Waals surface area contributed by atoms with Crippen LogP contribution in [0.1, 0.15) is 44.9 Å². The third-order valence-corrected chi connectivity index (χ3v) is 3.14. The van der Waals surface area contributed by atoms with Crippen LogP contribution in [0.5, 0.6) is 0 Å². The Bertz CT molecular complexity index is 734. The normalized spacial score (nSPS) is 10.3. The van der Waals surface area contributed by atoms with Crippen molar-refractivity contribution in [2.24, 2.45) is 0 Å². The lowest BCUT2D eigenvalue weighted by atomic mass is 10.1. The minimum Gasteiger partial charge on any atom is -0.459 e. The molecule has 0 N–H and O–H groups in total. The largest absolute Gasteiger partial charge is 0.459 e. The number of esters is 2. The summed E-state index contributed by atoms with van der Waals surface area (Å²) in [6.45, 7) is 3.05. The second-order valence-electron chi connectivity index (χ2n) is 5.36. The van der Waals surface area contributed by atoms with E-state index < -0.39 is 18.5 Å². The molecule has 0 amide bonds. The van der Waals surface area contributed by atoms with Crippen LogP contribution in [-0.4, -0.2) is 30.4 Å². The zero-order valence-corrected chi connectivity index (χ0v) is 13.5. The number of benzene rings is 2. The van der Waals surface area contributed by atoms with E-state index in [4.69, 9.17) is 9.47 Å². The summed E-state index contributed by atoms with van der Waals surface area (Å²) < 4.78 is 10.2. The van der Waals surface area contributed by atoms with E-state index in [9.17, 15) is 14.4 Å². The van der Waals surface area contributed by atoms with Crippen LogP contribution >= 0.6 is 0 Å². The first kappa shape index (κ1) is 17.4. The molecule has 0 heterocycles. The van der Waals surface area contributed by atoms with Crippen LogP contribution in [-0.2, 0) is 9.47 Å². The van der Waals surface area contributed by atoms with Crippen LogP contribution < -0.4 is 0 Å². The zero-order valence-electron chi connectivity index (χ0n) is 13.5. The van der Waals surface area contributed by atoms with Gasteiger partial charge >= 0.3 is 11.9 Å². The average Bonchev–Trinajstić information content (AvgIpc) is 2.59. The SMILES string of the molecule is CC(C)OC(=O)c1ccccc1C(=O)OCC(=O)c1ccccc1. The molecule has 5 heteroatoms. The third-order valence-electron chi connectivity index (χ3n) is 3.14. The Morgan fingerprint density at radius 3 is 1.96 bits per heavy atom. The summed E-state index contributed by atoms with van der Waals surface area (Å²) in [5, 5.41) is 0. The van der Waals surface area contributed by atoms with E-state index in [0.717, 1.165) is 0 Å². The van der Waals surface area contributed by atoms with Gasteiger partial charge < -0.3 is 9.47 Å². The monoisotopic (exact) mass is 326 g/mol. The number of ether oxygens (including phenoxy) is 2. The maximum atomic E-state index is 12.2. The van der Waals surface area contributed by atoms with Gasteiger partial charge in [0.15, 0.2) is 12.4 Å². The predicted molar refractivity (Wildman–Crippen MR) is 88.0 cm³/mol. The Morgan fingerprint density at radius 1 is 0.833 bits per heavy atom. The van der Waals surface area contributed by atoms with Gasteiger partial charge in [-0.1, -0.05) is 42.5 Å². The number of hydrogen-bond acceptors (Lipinski definition) is 5. The van der Waals surface area contributed by atoms with Gasteiger partial charge in [0.25, 0.3) is 0 Å². The van der Waals surface area contributed by atoms with Gasteiger partial charge in [0.05, 0.1) is 17.2 Å². The predicted octanol–water partition coefficient (Wildman–Crippen LogP) is 3.29. The molecule has 0 saturated carbocycles. The number of Topliss-reactive ketones (excluding diaryl/α,β-unsaturated/α-hetero) is 1. The summed E-state index contributed by atoms with van der Waals surface area (Å²) in [4.78, 5) is 36.2. The lowest BCUT2D eigenvalue weighted by Gasteiger charge is -2.11. The summed E-state index contributed by atoms with van der Waals surface area (Å²) in [7, 11) is 0. The first-order valence-electron chi connectivity index (χ1n) is 7.54. The smallest absolute Gasteiger partial charge is 0.339 e. The lowest BCUT2D eigenvalue weighted by Crippen LogP contribution is -2.19. The minimum absolute atomic E-state index is 0.0732. The standard InChI is InChI=1S/C19H18O5/c1-13(2)24-19(22)16-11-7-6-10-15(16)18(21)23-12-17(20)14-8-4-3-5-9-14/h3-11,13H,12H2,1-2H3. The molecular weight excluding hydrogens is 308 g/mol. The van der Waals surface area contributed by atoms with E-state index in [2.05, 4.69) is 0 Å². The molecule has 0 spiro atoms. The summed E-state index contributed by atoms with van der Waals surface area (Å²) in [6, 6.07) is 14.7. The Kier molecular flexibility index (Phi) is 5.84. The van der Waals surface area contributed by atoms with Crippen molar-refractivity contribution in [2.75, 3.05) is 6.61 Å². The van der Waals surface area contributed by atoms with E-state index in [1.807, 2.05) is 0 Å². The maximum Gasteiger partial charge on any atom is 0.339 e. The molecular formula is C19H18O5. The molecule has 0 atom stereocenters. The molecule has 2 rings (SSSR count). The fraction of sp³-hybridized carbons (Fsp3) is 0.211. The fourth-order valence-corrected chi connectivity index (χ4v) is 2.03. The number of carbonyl (C=O) groups excluding carboxylic acids is 3. The van der Waals surface area contributed by atoms with Crippen molar-refractivity contribution in [2.45, 2.75) is 20.0 Å². The summed E-state index contributed by atoms with van der Waals surface area (Å²) in [5.74, 6) is -1.66. The highest BCUT2D eigenvalue weighted by atomic mass is 16.5. The van der Waals surface area contributed by atoms with Crippen LogP contribution in [0.4, 0.5) is 0 Å². The van der Waals surface area contributed by atoms with Gasteiger partial charge in [-0.05, 0) is 26.0 Å². The van der Waals surface area contributed by atoms with Crippen molar-refractivity contribution in [3.63, 3.8) is 0 Å². The highest BCUT2D eigenvalue weighted by Gasteiger charge is 2.20. The Morgan fingerprint density at radius 2 is 1.38 bits per heavy atom. The quantitative estimate of drug-likeness (QED) is 0.602. The van der Waals surface area contributed by atoms with E-state index in [-0.39, 0.29) is 23.0 Å². The molecule has 0 aliphatic heterocycles. The molecule has 124 valence electrons. The molecule has 0 aliphatic carbocycles. The first-order chi connectivity index (χ1) is 11.5. The van der Waals surface area contributed by atoms with E-state index in [1.54, 1.807) is 56.3 Å². The molecule has 0 radical (unpaired) electrons. The van der Waals surface area contributed by atoms with Gasteiger partial charge in [-0.3, -0.25) is 4.79 Å². The first-order valence-corrected chi connectivity index (χ1v) is 7.54. The number of hydrogen-bond donors (Lipinski definition) is 0. The van der Waals surface area contributed by atoms with Crippen molar-refractivity contribution >= 4 is 17.7 Å². The Hall–Kier alpha value is -2.95. The van der Waals surface area contributed by atoms with Crippen molar-refractivity contribution in [1.29, 1.82) is 0 Å².